The van der Waals surface area contributed by atoms with Gasteiger partial charge in [-0.1, -0.05) is 13.8 Å². The number of ether oxygens (including phenoxy) is 4. The van der Waals surface area contributed by atoms with Crippen molar-refractivity contribution >= 4 is 0 Å². The number of benzene rings is 1. The van der Waals surface area contributed by atoms with Crippen LogP contribution in [0.3, 0.4) is 0 Å². The van der Waals surface area contributed by atoms with Gasteiger partial charge in [0.15, 0.2) is 13.6 Å². The molecule has 0 heterocycles. The first-order chi connectivity index (χ1) is 9.10. The van der Waals surface area contributed by atoms with Gasteiger partial charge in [-0.2, -0.15) is 0 Å². The first-order valence-electron chi connectivity index (χ1n) is 6.15. The first kappa shape index (κ1) is 15.8. The standard InChI is InChI=1S/C14H22O5/c1-10(2)14(15)12-6-5-11(18-8-16-3)7-13(12)19-9-17-4/h5-7,10,14-15H,8-9H2,1-4H3/t14-/m1/s1. The zero-order valence-corrected chi connectivity index (χ0v) is 11.9. The summed E-state index contributed by atoms with van der Waals surface area (Å²) in [7, 11) is 3.10. The highest BCUT2D eigenvalue weighted by atomic mass is 16.7. The zero-order valence-electron chi connectivity index (χ0n) is 11.9. The van der Waals surface area contributed by atoms with Crippen molar-refractivity contribution in [1.29, 1.82) is 0 Å². The van der Waals surface area contributed by atoms with Crippen molar-refractivity contribution in [2.45, 2.75) is 20.0 Å². The van der Waals surface area contributed by atoms with Crippen molar-refractivity contribution in [2.24, 2.45) is 5.92 Å². The fraction of sp³-hybridized carbons (Fsp3) is 0.571. The van der Waals surface area contributed by atoms with Gasteiger partial charge in [0.25, 0.3) is 0 Å². The van der Waals surface area contributed by atoms with Crippen LogP contribution in [0.5, 0.6) is 11.5 Å². The van der Waals surface area contributed by atoms with E-state index in [4.69, 9.17) is 18.9 Å². The predicted molar refractivity (Wildman–Crippen MR) is 71.2 cm³/mol. The van der Waals surface area contributed by atoms with Gasteiger partial charge in [0.2, 0.25) is 0 Å². The van der Waals surface area contributed by atoms with Gasteiger partial charge in [-0.3, -0.25) is 0 Å². The summed E-state index contributed by atoms with van der Waals surface area (Å²) in [5, 5.41) is 10.2. The smallest absolute Gasteiger partial charge is 0.188 e. The van der Waals surface area contributed by atoms with E-state index < -0.39 is 6.10 Å². The number of aliphatic hydroxyl groups is 1. The van der Waals surface area contributed by atoms with Gasteiger partial charge < -0.3 is 24.1 Å². The zero-order chi connectivity index (χ0) is 14.3. The van der Waals surface area contributed by atoms with E-state index >= 15 is 0 Å². The van der Waals surface area contributed by atoms with E-state index in [1.165, 1.54) is 0 Å². The van der Waals surface area contributed by atoms with Crippen molar-refractivity contribution in [1.82, 2.24) is 0 Å². The van der Waals surface area contributed by atoms with E-state index in [1.54, 1.807) is 32.4 Å². The third kappa shape index (κ3) is 4.70. The second kappa shape index (κ2) is 7.99. The summed E-state index contributed by atoms with van der Waals surface area (Å²) < 4.78 is 20.6. The van der Waals surface area contributed by atoms with Crippen LogP contribution in [0.15, 0.2) is 18.2 Å². The Hall–Kier alpha value is -1.30. The normalized spacial score (nSPS) is 12.5. The van der Waals surface area contributed by atoms with Gasteiger partial charge in [-0.25, -0.2) is 0 Å². The Kier molecular flexibility index (Phi) is 6.62. The minimum absolute atomic E-state index is 0.0932. The lowest BCUT2D eigenvalue weighted by Gasteiger charge is -2.19. The third-order valence-electron chi connectivity index (χ3n) is 2.61. The molecule has 0 fully saturated rings. The minimum atomic E-state index is -0.594. The Morgan fingerprint density at radius 2 is 1.68 bits per heavy atom. The summed E-state index contributed by atoms with van der Waals surface area (Å²) in [6, 6.07) is 5.29. The molecular weight excluding hydrogens is 248 g/mol. The molecule has 0 saturated heterocycles. The topological polar surface area (TPSA) is 57.2 Å². The molecule has 1 N–H and O–H groups in total. The lowest BCUT2D eigenvalue weighted by molar-refractivity contribution is 0.0425. The lowest BCUT2D eigenvalue weighted by Crippen LogP contribution is -2.10. The second-order valence-corrected chi connectivity index (χ2v) is 4.49. The molecule has 5 heteroatoms. The summed E-state index contributed by atoms with van der Waals surface area (Å²) in [5.74, 6) is 1.26. The van der Waals surface area contributed by atoms with Crippen molar-refractivity contribution in [2.75, 3.05) is 27.8 Å². The molecule has 0 amide bonds. The van der Waals surface area contributed by atoms with E-state index in [2.05, 4.69) is 0 Å². The van der Waals surface area contributed by atoms with Crippen molar-refractivity contribution < 1.29 is 24.1 Å². The maximum atomic E-state index is 10.2. The molecule has 0 aromatic heterocycles. The molecule has 0 saturated carbocycles. The summed E-state index contributed by atoms with van der Waals surface area (Å²) in [5.41, 5.74) is 0.719. The van der Waals surface area contributed by atoms with Crippen molar-refractivity contribution in [3.05, 3.63) is 23.8 Å². The molecule has 1 atom stereocenters. The fourth-order valence-corrected chi connectivity index (χ4v) is 1.58. The van der Waals surface area contributed by atoms with Gasteiger partial charge in [0, 0.05) is 25.8 Å². The number of methoxy groups -OCH3 is 2. The molecule has 1 aromatic rings. The summed E-state index contributed by atoms with van der Waals surface area (Å²) in [4.78, 5) is 0. The molecule has 19 heavy (non-hydrogen) atoms. The molecule has 0 unspecified atom stereocenters. The van der Waals surface area contributed by atoms with Crippen LogP contribution in [0.1, 0.15) is 25.5 Å². The van der Waals surface area contributed by atoms with Crippen LogP contribution in [0.4, 0.5) is 0 Å². The van der Waals surface area contributed by atoms with Crippen LogP contribution in [0, 0.1) is 5.92 Å². The molecule has 0 bridgehead atoms. The molecule has 0 aliphatic carbocycles. The average molecular weight is 270 g/mol. The molecule has 0 aliphatic heterocycles. The molecular formula is C14H22O5. The maximum absolute atomic E-state index is 10.2. The first-order valence-corrected chi connectivity index (χ1v) is 6.15. The van der Waals surface area contributed by atoms with Crippen molar-refractivity contribution in [3.8, 4) is 11.5 Å². The van der Waals surface area contributed by atoms with Gasteiger partial charge >= 0.3 is 0 Å². The highest BCUT2D eigenvalue weighted by molar-refractivity contribution is 5.42. The molecule has 5 nitrogen and oxygen atoms in total. The van der Waals surface area contributed by atoms with E-state index in [-0.39, 0.29) is 19.5 Å². The van der Waals surface area contributed by atoms with E-state index in [0.29, 0.717) is 11.5 Å². The molecule has 1 rings (SSSR count). The monoisotopic (exact) mass is 270 g/mol. The minimum Gasteiger partial charge on any atom is -0.467 e. The van der Waals surface area contributed by atoms with Crippen LogP contribution in [0.25, 0.3) is 0 Å². The Labute approximate surface area is 114 Å². The molecule has 0 spiro atoms. The van der Waals surface area contributed by atoms with Gasteiger partial charge in [0.05, 0.1) is 6.10 Å². The molecule has 1 aromatic carbocycles. The summed E-state index contributed by atoms with van der Waals surface area (Å²) >= 11 is 0. The molecule has 0 aliphatic rings. The van der Waals surface area contributed by atoms with Crippen molar-refractivity contribution in [3.63, 3.8) is 0 Å². The van der Waals surface area contributed by atoms with E-state index in [9.17, 15) is 5.11 Å². The van der Waals surface area contributed by atoms with Crippen LogP contribution < -0.4 is 9.47 Å². The fourth-order valence-electron chi connectivity index (χ4n) is 1.58. The SMILES string of the molecule is COCOc1ccc([C@H](O)C(C)C)c(OCOC)c1. The highest BCUT2D eigenvalue weighted by Gasteiger charge is 2.18. The molecule has 108 valence electrons. The Bertz CT molecular complexity index is 378. The number of rotatable bonds is 8. The average Bonchev–Trinajstić information content (AvgIpc) is 2.42. The van der Waals surface area contributed by atoms with Crippen LogP contribution in [0.2, 0.25) is 0 Å². The van der Waals surface area contributed by atoms with E-state index in [1.807, 2.05) is 13.8 Å². The molecule has 0 radical (unpaired) electrons. The second-order valence-electron chi connectivity index (χ2n) is 4.49. The largest absolute Gasteiger partial charge is 0.467 e. The number of aliphatic hydroxyl groups excluding tert-OH is 1. The Morgan fingerprint density at radius 3 is 2.26 bits per heavy atom. The maximum Gasteiger partial charge on any atom is 0.188 e. The number of hydrogen-bond donors (Lipinski definition) is 1. The van der Waals surface area contributed by atoms with Crippen LogP contribution >= 0.6 is 0 Å². The number of hydrogen-bond acceptors (Lipinski definition) is 5. The Morgan fingerprint density at radius 1 is 1.05 bits per heavy atom. The van der Waals surface area contributed by atoms with Gasteiger partial charge in [0.1, 0.15) is 11.5 Å². The van der Waals surface area contributed by atoms with Crippen LogP contribution in [-0.4, -0.2) is 32.9 Å². The summed E-state index contributed by atoms with van der Waals surface area (Å²) in [6.07, 6.45) is -0.594. The van der Waals surface area contributed by atoms with Gasteiger partial charge in [-0.15, -0.1) is 0 Å². The third-order valence-corrected chi connectivity index (χ3v) is 2.61. The van der Waals surface area contributed by atoms with Crippen LogP contribution in [-0.2, 0) is 9.47 Å². The Balaban J connectivity index is 2.94. The lowest BCUT2D eigenvalue weighted by atomic mass is 9.98. The van der Waals surface area contributed by atoms with Gasteiger partial charge in [-0.05, 0) is 18.1 Å². The predicted octanol–water partition coefficient (Wildman–Crippen LogP) is 2.34. The van der Waals surface area contributed by atoms with E-state index in [0.717, 1.165) is 5.56 Å². The summed E-state index contributed by atoms with van der Waals surface area (Å²) in [6.45, 7) is 4.17. The highest BCUT2D eigenvalue weighted by Crippen LogP contribution is 2.33. The quantitative estimate of drug-likeness (QED) is 0.735.